The summed E-state index contributed by atoms with van der Waals surface area (Å²) in [6, 6.07) is 6.90. The zero-order valence-corrected chi connectivity index (χ0v) is 16.1. The lowest BCUT2D eigenvalue weighted by molar-refractivity contribution is 0.203. The summed E-state index contributed by atoms with van der Waals surface area (Å²) in [6.07, 6.45) is 0. The number of sulfonamides is 1. The molecule has 0 amide bonds. The quantitative estimate of drug-likeness (QED) is 0.639. The Morgan fingerprint density at radius 3 is 2.17 bits per heavy atom. The van der Waals surface area contributed by atoms with E-state index in [9.17, 15) is 18.5 Å². The summed E-state index contributed by atoms with van der Waals surface area (Å²) in [5.41, 5.74) is 0. The van der Waals surface area contributed by atoms with Crippen molar-refractivity contribution in [2.45, 2.75) is 49.8 Å². The topological polar surface area (TPSA) is 95.9 Å². The first-order chi connectivity index (χ1) is 10.4. The molecule has 0 saturated heterocycles. The molecule has 0 aliphatic heterocycles. The van der Waals surface area contributed by atoms with Crippen molar-refractivity contribution in [3.63, 3.8) is 0 Å². The Morgan fingerprint density at radius 1 is 1.22 bits per heavy atom. The molecule has 130 valence electrons. The molecule has 0 fully saturated rings. The maximum atomic E-state index is 12.2. The Morgan fingerprint density at radius 2 is 1.74 bits per heavy atom. The van der Waals surface area contributed by atoms with Crippen LogP contribution in [0.3, 0.4) is 0 Å². The zero-order valence-electron chi connectivity index (χ0n) is 14.3. The van der Waals surface area contributed by atoms with Gasteiger partial charge < -0.3 is 14.5 Å². The third-order valence-electron chi connectivity index (χ3n) is 4.11. The second-order valence-electron chi connectivity index (χ2n) is 7.00. The molecule has 23 heavy (non-hydrogen) atoms. The molecule has 1 rings (SSSR count). The standard InChI is InChI=1S/C14H26BNO5SSi/c1-14(2,3)23(4,5)21-13(15(17)18)11-16-22(19,20)12-9-7-6-8-10-12/h6-10,13,16-18H,11H2,1-5H3/t13-/m1/s1. The van der Waals surface area contributed by atoms with Crippen LogP contribution in [0.2, 0.25) is 18.1 Å². The van der Waals surface area contributed by atoms with Gasteiger partial charge >= 0.3 is 7.12 Å². The van der Waals surface area contributed by atoms with E-state index in [-0.39, 0.29) is 16.5 Å². The molecule has 0 unspecified atom stereocenters. The van der Waals surface area contributed by atoms with Gasteiger partial charge in [-0.05, 0) is 30.3 Å². The van der Waals surface area contributed by atoms with Crippen molar-refractivity contribution in [1.82, 2.24) is 4.72 Å². The smallest absolute Gasteiger partial charge is 0.425 e. The van der Waals surface area contributed by atoms with Gasteiger partial charge in [-0.15, -0.1) is 0 Å². The summed E-state index contributed by atoms with van der Waals surface area (Å²) in [4.78, 5) is 0.124. The van der Waals surface area contributed by atoms with E-state index in [1.807, 2.05) is 33.9 Å². The van der Waals surface area contributed by atoms with Crippen LogP contribution >= 0.6 is 0 Å². The van der Waals surface area contributed by atoms with E-state index in [1.165, 1.54) is 12.1 Å². The van der Waals surface area contributed by atoms with Crippen molar-refractivity contribution >= 4 is 25.5 Å². The van der Waals surface area contributed by atoms with Crippen LogP contribution in [0.15, 0.2) is 35.2 Å². The number of rotatable bonds is 7. The van der Waals surface area contributed by atoms with Gasteiger partial charge in [-0.2, -0.15) is 0 Å². The molecule has 0 saturated carbocycles. The average molecular weight is 359 g/mol. The normalized spacial score (nSPS) is 14.6. The number of benzene rings is 1. The van der Waals surface area contributed by atoms with E-state index in [2.05, 4.69) is 4.72 Å². The minimum Gasteiger partial charge on any atom is -0.425 e. The van der Waals surface area contributed by atoms with Gasteiger partial charge in [0.25, 0.3) is 0 Å². The predicted octanol–water partition coefficient (Wildman–Crippen LogP) is 1.37. The number of nitrogens with one attached hydrogen (secondary N) is 1. The SMILES string of the molecule is CC(C)(C)[Si](C)(C)O[C@H](CNS(=O)(=O)c1ccccc1)B(O)O. The van der Waals surface area contributed by atoms with Gasteiger partial charge in [-0.25, -0.2) is 13.1 Å². The Balaban J connectivity index is 2.83. The fraction of sp³-hybridized carbons (Fsp3) is 0.571. The highest BCUT2D eigenvalue weighted by Crippen LogP contribution is 2.37. The molecule has 1 aromatic carbocycles. The lowest BCUT2D eigenvalue weighted by atomic mass is 9.83. The molecule has 6 nitrogen and oxygen atoms in total. The highest BCUT2D eigenvalue weighted by molar-refractivity contribution is 7.89. The summed E-state index contributed by atoms with van der Waals surface area (Å²) in [5.74, 6) is 0. The summed E-state index contributed by atoms with van der Waals surface area (Å²) in [6.45, 7) is 9.79. The first-order valence-corrected chi connectivity index (χ1v) is 11.8. The molecular formula is C14H26BNO5SSi. The van der Waals surface area contributed by atoms with Gasteiger partial charge in [0, 0.05) is 6.54 Å². The van der Waals surface area contributed by atoms with Gasteiger partial charge in [0.2, 0.25) is 10.0 Å². The highest BCUT2D eigenvalue weighted by atomic mass is 32.2. The monoisotopic (exact) mass is 359 g/mol. The Kier molecular flexibility index (Phi) is 6.59. The molecule has 0 spiro atoms. The third kappa shape index (κ3) is 5.70. The fourth-order valence-electron chi connectivity index (χ4n) is 1.64. The van der Waals surface area contributed by atoms with E-state index in [1.54, 1.807) is 18.2 Å². The summed E-state index contributed by atoms with van der Waals surface area (Å²) in [7, 11) is -7.74. The van der Waals surface area contributed by atoms with Crippen LogP contribution in [0, 0.1) is 0 Å². The van der Waals surface area contributed by atoms with E-state index in [4.69, 9.17) is 4.43 Å². The third-order valence-corrected chi connectivity index (χ3v) is 10.1. The maximum absolute atomic E-state index is 12.2. The minimum atomic E-state index is -3.72. The van der Waals surface area contributed by atoms with E-state index in [0.29, 0.717) is 0 Å². The first kappa shape index (κ1) is 20.3. The van der Waals surface area contributed by atoms with Crippen molar-refractivity contribution < 1.29 is 22.9 Å². The highest BCUT2D eigenvalue weighted by Gasteiger charge is 2.41. The Bertz CT molecular complexity index is 601. The van der Waals surface area contributed by atoms with Crippen LogP contribution in [-0.2, 0) is 14.4 Å². The zero-order chi connectivity index (χ0) is 17.9. The summed E-state index contributed by atoms with van der Waals surface area (Å²) >= 11 is 0. The van der Waals surface area contributed by atoms with E-state index >= 15 is 0 Å². The van der Waals surface area contributed by atoms with Crippen molar-refractivity contribution in [2.24, 2.45) is 0 Å². The molecule has 0 aliphatic rings. The van der Waals surface area contributed by atoms with Crippen molar-refractivity contribution in [1.29, 1.82) is 0 Å². The second-order valence-corrected chi connectivity index (χ2v) is 13.5. The van der Waals surface area contributed by atoms with Gasteiger partial charge in [0.05, 0.1) is 10.9 Å². The molecular weight excluding hydrogens is 333 g/mol. The first-order valence-electron chi connectivity index (χ1n) is 7.45. The van der Waals surface area contributed by atoms with E-state index < -0.39 is 31.5 Å². The van der Waals surface area contributed by atoms with Crippen LogP contribution in [0.4, 0.5) is 0 Å². The Labute approximate surface area is 140 Å². The second kappa shape index (κ2) is 7.46. The van der Waals surface area contributed by atoms with E-state index in [0.717, 1.165) is 0 Å². The van der Waals surface area contributed by atoms with Crippen molar-refractivity contribution in [3.8, 4) is 0 Å². The van der Waals surface area contributed by atoms with Gasteiger partial charge in [-0.1, -0.05) is 39.0 Å². The van der Waals surface area contributed by atoms with Crippen LogP contribution in [0.5, 0.6) is 0 Å². The number of hydrogen-bond donors (Lipinski definition) is 3. The molecule has 0 aliphatic carbocycles. The largest absolute Gasteiger partial charge is 0.482 e. The van der Waals surface area contributed by atoms with Crippen LogP contribution in [0.25, 0.3) is 0 Å². The lowest BCUT2D eigenvalue weighted by Crippen LogP contribution is -2.52. The molecule has 1 aromatic rings. The Hall–Kier alpha value is -0.708. The summed E-state index contributed by atoms with van der Waals surface area (Å²) < 4.78 is 32.7. The predicted molar refractivity (Wildman–Crippen MR) is 93.9 cm³/mol. The van der Waals surface area contributed by atoms with Gasteiger partial charge in [0.1, 0.15) is 0 Å². The molecule has 0 bridgehead atoms. The minimum absolute atomic E-state index is 0.124. The van der Waals surface area contributed by atoms with Gasteiger partial charge in [0.15, 0.2) is 8.32 Å². The molecule has 0 heterocycles. The number of hydrogen-bond acceptors (Lipinski definition) is 5. The molecule has 0 aromatic heterocycles. The van der Waals surface area contributed by atoms with Crippen LogP contribution < -0.4 is 4.72 Å². The van der Waals surface area contributed by atoms with Crippen molar-refractivity contribution in [3.05, 3.63) is 30.3 Å². The van der Waals surface area contributed by atoms with Crippen molar-refractivity contribution in [2.75, 3.05) is 6.54 Å². The molecule has 9 heteroatoms. The summed E-state index contributed by atoms with van der Waals surface area (Å²) in [5, 5.41) is 18.9. The van der Waals surface area contributed by atoms with Crippen LogP contribution in [-0.4, -0.2) is 46.4 Å². The maximum Gasteiger partial charge on any atom is 0.482 e. The molecule has 0 radical (unpaired) electrons. The fourth-order valence-corrected chi connectivity index (χ4v) is 4.02. The molecule has 1 atom stereocenters. The van der Waals surface area contributed by atoms with Crippen LogP contribution in [0.1, 0.15) is 20.8 Å². The average Bonchev–Trinajstić information content (AvgIpc) is 2.43. The lowest BCUT2D eigenvalue weighted by Gasteiger charge is -2.39. The van der Waals surface area contributed by atoms with Gasteiger partial charge in [-0.3, -0.25) is 0 Å². The molecule has 3 N–H and O–H groups in total.